The fourth-order valence-electron chi connectivity index (χ4n) is 2.34. The minimum atomic E-state index is -0.250. The number of nitrogens with zero attached hydrogens (tertiary/aromatic N) is 1. The highest BCUT2D eigenvalue weighted by atomic mass is 16.5. The Morgan fingerprint density at radius 3 is 2.71 bits per heavy atom. The Labute approximate surface area is 140 Å². The number of para-hydroxylation sites is 3. The van der Waals surface area contributed by atoms with Crippen molar-refractivity contribution in [1.29, 1.82) is 0 Å². The van der Waals surface area contributed by atoms with Crippen molar-refractivity contribution < 1.29 is 9.53 Å². The maximum absolute atomic E-state index is 11.9. The third kappa shape index (κ3) is 4.04. The van der Waals surface area contributed by atoms with Crippen molar-refractivity contribution in [2.24, 2.45) is 0 Å². The molecule has 1 unspecified atom stereocenters. The molecule has 0 aliphatic carbocycles. The van der Waals surface area contributed by atoms with Crippen LogP contribution in [0.2, 0.25) is 0 Å². The highest BCUT2D eigenvalue weighted by Gasteiger charge is 2.13. The lowest BCUT2D eigenvalue weighted by molar-refractivity contribution is 0.233. The Balaban J connectivity index is 1.44. The molecule has 0 fully saturated rings. The number of nitrogens with one attached hydrogen (secondary N) is 3. The number of benzene rings is 2. The van der Waals surface area contributed by atoms with E-state index in [2.05, 4.69) is 20.6 Å². The van der Waals surface area contributed by atoms with Gasteiger partial charge in [0.1, 0.15) is 18.2 Å². The number of fused-ring (bicyclic) bond motifs is 1. The van der Waals surface area contributed by atoms with Crippen LogP contribution in [0.15, 0.2) is 54.6 Å². The lowest BCUT2D eigenvalue weighted by Gasteiger charge is -2.13. The first-order valence-electron chi connectivity index (χ1n) is 7.89. The standard InChI is InChI=1S/C18H20N4O2/c1-13(17-21-15-9-5-6-10-16(15)22-17)20-18(23)19-11-12-24-14-7-3-2-4-8-14/h2-10,13H,11-12H2,1H3,(H,21,22)(H2,19,20,23). The molecule has 6 heteroatoms. The van der Waals surface area contributed by atoms with E-state index in [-0.39, 0.29) is 12.1 Å². The lowest BCUT2D eigenvalue weighted by atomic mass is 10.3. The van der Waals surface area contributed by atoms with Gasteiger partial charge in [-0.3, -0.25) is 0 Å². The minimum absolute atomic E-state index is 0.215. The van der Waals surface area contributed by atoms with Crippen LogP contribution in [0.4, 0.5) is 4.79 Å². The first kappa shape index (κ1) is 15.9. The monoisotopic (exact) mass is 324 g/mol. The normalized spacial score (nSPS) is 11.9. The van der Waals surface area contributed by atoms with Crippen molar-refractivity contribution in [2.45, 2.75) is 13.0 Å². The molecule has 1 aromatic heterocycles. The Morgan fingerprint density at radius 1 is 1.17 bits per heavy atom. The third-order valence-electron chi connectivity index (χ3n) is 3.57. The molecule has 0 spiro atoms. The lowest BCUT2D eigenvalue weighted by Crippen LogP contribution is -2.39. The summed E-state index contributed by atoms with van der Waals surface area (Å²) in [5.74, 6) is 1.52. The number of rotatable bonds is 6. The van der Waals surface area contributed by atoms with Crippen molar-refractivity contribution in [1.82, 2.24) is 20.6 Å². The Kier molecular flexibility index (Phi) is 4.96. The first-order valence-corrected chi connectivity index (χ1v) is 7.89. The van der Waals surface area contributed by atoms with Crippen LogP contribution in [0, 0.1) is 0 Å². The fourth-order valence-corrected chi connectivity index (χ4v) is 2.34. The maximum atomic E-state index is 11.9. The molecule has 0 bridgehead atoms. The molecule has 2 aromatic carbocycles. The predicted octanol–water partition coefficient (Wildman–Crippen LogP) is 3.00. The van der Waals surface area contributed by atoms with Gasteiger partial charge in [-0.15, -0.1) is 0 Å². The number of carbonyl (C=O) groups excluding carboxylic acids is 1. The summed E-state index contributed by atoms with van der Waals surface area (Å²) < 4.78 is 5.52. The molecule has 6 nitrogen and oxygen atoms in total. The van der Waals surface area contributed by atoms with Gasteiger partial charge >= 0.3 is 6.03 Å². The molecule has 0 aliphatic heterocycles. The molecular formula is C18H20N4O2. The van der Waals surface area contributed by atoms with Crippen LogP contribution in [0.1, 0.15) is 18.8 Å². The van der Waals surface area contributed by atoms with Crippen LogP contribution in [0.25, 0.3) is 11.0 Å². The quantitative estimate of drug-likeness (QED) is 0.610. The Morgan fingerprint density at radius 2 is 1.92 bits per heavy atom. The van der Waals surface area contributed by atoms with Crippen LogP contribution < -0.4 is 15.4 Å². The number of H-pyrrole nitrogens is 1. The number of aromatic amines is 1. The van der Waals surface area contributed by atoms with E-state index in [1.807, 2.05) is 61.5 Å². The van der Waals surface area contributed by atoms with Gasteiger partial charge in [0.05, 0.1) is 23.6 Å². The van der Waals surface area contributed by atoms with Gasteiger partial charge in [0.25, 0.3) is 0 Å². The summed E-state index contributed by atoms with van der Waals surface area (Å²) in [6, 6.07) is 16.8. The molecule has 3 N–H and O–H groups in total. The van der Waals surface area contributed by atoms with E-state index in [9.17, 15) is 4.79 Å². The molecule has 124 valence electrons. The number of ether oxygens (including phenoxy) is 1. The summed E-state index contributed by atoms with van der Waals surface area (Å²) in [6.45, 7) is 2.72. The van der Waals surface area contributed by atoms with Gasteiger partial charge < -0.3 is 20.4 Å². The van der Waals surface area contributed by atoms with E-state index in [1.54, 1.807) is 0 Å². The van der Waals surface area contributed by atoms with Crippen LogP contribution in [-0.2, 0) is 0 Å². The molecule has 3 rings (SSSR count). The highest BCUT2D eigenvalue weighted by Crippen LogP contribution is 2.15. The average molecular weight is 324 g/mol. The number of imidazole rings is 1. The summed E-state index contributed by atoms with van der Waals surface area (Å²) in [4.78, 5) is 19.6. The van der Waals surface area contributed by atoms with Gasteiger partial charge in [0.2, 0.25) is 0 Å². The third-order valence-corrected chi connectivity index (χ3v) is 3.57. The van der Waals surface area contributed by atoms with E-state index in [4.69, 9.17) is 4.74 Å². The largest absolute Gasteiger partial charge is 0.492 e. The number of hydrogen-bond donors (Lipinski definition) is 3. The van der Waals surface area contributed by atoms with E-state index in [0.717, 1.165) is 22.6 Å². The number of aromatic nitrogens is 2. The van der Waals surface area contributed by atoms with Crippen LogP contribution in [0.3, 0.4) is 0 Å². The number of hydrogen-bond acceptors (Lipinski definition) is 3. The summed E-state index contributed by atoms with van der Waals surface area (Å²) in [5, 5.41) is 5.63. The summed E-state index contributed by atoms with van der Waals surface area (Å²) in [6.07, 6.45) is 0. The van der Waals surface area contributed by atoms with Crippen molar-refractivity contribution >= 4 is 17.1 Å². The zero-order valence-corrected chi connectivity index (χ0v) is 13.5. The molecule has 2 amide bonds. The van der Waals surface area contributed by atoms with E-state index >= 15 is 0 Å². The van der Waals surface area contributed by atoms with Gasteiger partial charge in [0.15, 0.2) is 0 Å². The molecule has 3 aromatic rings. The molecule has 0 aliphatic rings. The van der Waals surface area contributed by atoms with Crippen LogP contribution in [-0.4, -0.2) is 29.2 Å². The zero-order valence-electron chi connectivity index (χ0n) is 13.5. The average Bonchev–Trinajstić information content (AvgIpc) is 3.04. The summed E-state index contributed by atoms with van der Waals surface area (Å²) in [5.41, 5.74) is 1.84. The summed E-state index contributed by atoms with van der Waals surface area (Å²) >= 11 is 0. The fraction of sp³-hybridized carbons (Fsp3) is 0.222. The molecule has 1 atom stereocenters. The first-order chi connectivity index (χ1) is 11.7. The van der Waals surface area contributed by atoms with Gasteiger partial charge in [0, 0.05) is 0 Å². The van der Waals surface area contributed by atoms with Gasteiger partial charge in [-0.05, 0) is 31.2 Å². The topological polar surface area (TPSA) is 79.0 Å². The second kappa shape index (κ2) is 7.50. The van der Waals surface area contributed by atoms with E-state index < -0.39 is 0 Å². The number of urea groups is 1. The predicted molar refractivity (Wildman–Crippen MR) is 93.0 cm³/mol. The Hall–Kier alpha value is -3.02. The molecule has 24 heavy (non-hydrogen) atoms. The van der Waals surface area contributed by atoms with Crippen molar-refractivity contribution in [3.05, 3.63) is 60.4 Å². The van der Waals surface area contributed by atoms with Crippen molar-refractivity contribution in [3.63, 3.8) is 0 Å². The highest BCUT2D eigenvalue weighted by molar-refractivity contribution is 5.76. The van der Waals surface area contributed by atoms with E-state index in [0.29, 0.717) is 13.2 Å². The second-order valence-electron chi connectivity index (χ2n) is 5.42. The minimum Gasteiger partial charge on any atom is -0.492 e. The van der Waals surface area contributed by atoms with Crippen molar-refractivity contribution in [3.8, 4) is 5.75 Å². The second-order valence-corrected chi connectivity index (χ2v) is 5.42. The molecule has 0 radical (unpaired) electrons. The Bertz CT molecular complexity index is 768. The van der Waals surface area contributed by atoms with Gasteiger partial charge in [-0.1, -0.05) is 30.3 Å². The van der Waals surface area contributed by atoms with Gasteiger partial charge in [-0.25, -0.2) is 9.78 Å². The van der Waals surface area contributed by atoms with Gasteiger partial charge in [-0.2, -0.15) is 0 Å². The maximum Gasteiger partial charge on any atom is 0.315 e. The number of amides is 2. The van der Waals surface area contributed by atoms with E-state index in [1.165, 1.54) is 0 Å². The van der Waals surface area contributed by atoms with Crippen molar-refractivity contribution in [2.75, 3.05) is 13.2 Å². The number of carbonyl (C=O) groups is 1. The summed E-state index contributed by atoms with van der Waals surface area (Å²) in [7, 11) is 0. The SMILES string of the molecule is CC(NC(=O)NCCOc1ccccc1)c1nc2ccccc2[nH]1. The molecule has 0 saturated heterocycles. The zero-order chi connectivity index (χ0) is 16.8. The van der Waals surface area contributed by atoms with Crippen LogP contribution >= 0.6 is 0 Å². The molecular weight excluding hydrogens is 304 g/mol. The molecule has 0 saturated carbocycles. The van der Waals surface area contributed by atoms with Crippen LogP contribution in [0.5, 0.6) is 5.75 Å². The smallest absolute Gasteiger partial charge is 0.315 e. The molecule has 1 heterocycles.